The molecule has 16 amide bonds. The average Bonchev–Trinajstić information content (AvgIpc) is 1.66. The van der Waals surface area contributed by atoms with Crippen molar-refractivity contribution in [3.8, 4) is 0 Å². The van der Waals surface area contributed by atoms with Gasteiger partial charge in [0.1, 0.15) is 84.6 Å². The molecule has 0 saturated carbocycles. The van der Waals surface area contributed by atoms with Crippen LogP contribution in [0.1, 0.15) is 118 Å². The molecule has 2 aromatic heterocycles. The van der Waals surface area contributed by atoms with Gasteiger partial charge in [0, 0.05) is 111 Å². The molecule has 2 aromatic carbocycles. The van der Waals surface area contributed by atoms with Crippen molar-refractivity contribution in [3.63, 3.8) is 0 Å². The Labute approximate surface area is 685 Å². The number of unbranched alkanes of at least 4 members (excludes halogenated alkanes) is 1. The molecular formula is C76H104N18O22S2. The largest absolute Gasteiger partial charge is 0.391 e. The zero-order valence-corrected chi connectivity index (χ0v) is 67.9. The number of aliphatic hydroxyl groups excluding tert-OH is 4. The van der Waals surface area contributed by atoms with Crippen molar-refractivity contribution >= 4 is 140 Å². The molecule has 42 heteroatoms. The first kappa shape index (κ1) is 89.8. The number of hydrogen-bond donors (Lipinski definition) is 22. The third kappa shape index (κ3) is 22.5. The molecule has 2 saturated heterocycles. The van der Waals surface area contributed by atoms with E-state index in [1.54, 1.807) is 48.5 Å². The van der Waals surface area contributed by atoms with Crippen LogP contribution in [0.15, 0.2) is 58.6 Å². The molecule has 20 unspecified atom stereocenters. The van der Waals surface area contributed by atoms with Gasteiger partial charge in [-0.15, -0.1) is 23.5 Å². The number of aliphatic hydroxyl groups is 6. The number of aromatic amines is 2. The third-order valence-corrected chi connectivity index (χ3v) is 23.7. The SMILES string of the molecule is CC1NC(=O)C(CC(C)(O)CNC(=O)CCCCC(=O)NCC(C)(O)CC2NC(=O)C3Cc4c([nH]c5ccccc45)SCC(NC(=O)C(C(C)O)NC(=O)C(C)NC2=O)C(=O)N2CC(O)CC2C(=O)NC(C)C(=O)N3)NC(=O)C2Cc3c([nH]c4ccccc34)SCC(NC(=O)C(C(C)O)NC1=O)C(=O)N1CC(O)CC1C(=O)NC(C)C(=O)N2. The fraction of sp³-hybridized carbons (Fsp3) is 0.579. The highest BCUT2D eigenvalue weighted by Gasteiger charge is 2.48. The van der Waals surface area contributed by atoms with Crippen molar-refractivity contribution in [1.29, 1.82) is 0 Å². The van der Waals surface area contributed by atoms with Crippen LogP contribution in [0.5, 0.6) is 0 Å². The monoisotopic (exact) mass is 1680 g/mol. The van der Waals surface area contributed by atoms with Crippen LogP contribution >= 0.6 is 23.5 Å². The number of thioether (sulfide) groups is 2. The van der Waals surface area contributed by atoms with Gasteiger partial charge in [-0.2, -0.15) is 0 Å². The lowest BCUT2D eigenvalue weighted by Crippen LogP contribution is -2.62. The van der Waals surface area contributed by atoms with E-state index in [2.05, 4.69) is 84.4 Å². The van der Waals surface area contributed by atoms with Gasteiger partial charge in [-0.1, -0.05) is 36.4 Å². The van der Waals surface area contributed by atoms with Gasteiger partial charge < -0.3 is 125 Å². The molecule has 0 aliphatic carbocycles. The normalized spacial score (nSPS) is 29.5. The number of amides is 16. The molecule has 2 fully saturated rings. The van der Waals surface area contributed by atoms with Crippen molar-refractivity contribution in [1.82, 2.24) is 94.2 Å². The molecule has 6 aliphatic heterocycles. The van der Waals surface area contributed by atoms with Crippen LogP contribution < -0.4 is 74.4 Å². The molecule has 642 valence electrons. The number of fused-ring (bicyclic) bond motifs is 10. The summed E-state index contributed by atoms with van der Waals surface area (Å²) in [6.07, 6.45) is -8.59. The zero-order chi connectivity index (χ0) is 86.1. The van der Waals surface area contributed by atoms with Crippen molar-refractivity contribution in [3.05, 3.63) is 59.7 Å². The summed E-state index contributed by atoms with van der Waals surface area (Å²) in [7, 11) is 0. The van der Waals surface area contributed by atoms with E-state index in [1.807, 2.05) is 0 Å². The Bertz CT molecular complexity index is 4260. The maximum absolute atomic E-state index is 15.0. The number of para-hydroxylation sites is 2. The highest BCUT2D eigenvalue weighted by molar-refractivity contribution is 7.99. The number of aromatic nitrogens is 2. The summed E-state index contributed by atoms with van der Waals surface area (Å²) in [5.41, 5.74) is -2.21. The van der Waals surface area contributed by atoms with Crippen LogP contribution in [-0.4, -0.2) is 303 Å². The van der Waals surface area contributed by atoms with Gasteiger partial charge in [0.2, 0.25) is 94.5 Å². The molecule has 40 nitrogen and oxygen atoms in total. The number of H-pyrrole nitrogens is 2. The lowest BCUT2D eigenvalue weighted by Gasteiger charge is -2.31. The summed E-state index contributed by atoms with van der Waals surface area (Å²) < 4.78 is 0. The van der Waals surface area contributed by atoms with E-state index < -0.39 is 241 Å². The van der Waals surface area contributed by atoms with Crippen LogP contribution in [0.4, 0.5) is 0 Å². The summed E-state index contributed by atoms with van der Waals surface area (Å²) in [6, 6.07) is -8.11. The Kier molecular flexibility index (Phi) is 29.3. The van der Waals surface area contributed by atoms with E-state index in [9.17, 15) is 97.8 Å². The Hall–Kier alpha value is -10.5. The smallest absolute Gasteiger partial charge is 0.246 e. The molecule has 0 radical (unpaired) electrons. The van der Waals surface area contributed by atoms with E-state index in [-0.39, 0.29) is 76.0 Å². The second kappa shape index (κ2) is 38.5. The molecule has 6 aliphatic rings. The summed E-state index contributed by atoms with van der Waals surface area (Å²) in [4.78, 5) is 237. The molecule has 22 N–H and O–H groups in total. The predicted octanol–water partition coefficient (Wildman–Crippen LogP) is -6.67. The first-order valence-electron chi connectivity index (χ1n) is 39.1. The quantitative estimate of drug-likeness (QED) is 0.0492. The molecular weight excluding hydrogens is 1580 g/mol. The highest BCUT2D eigenvalue weighted by atomic mass is 32.2. The first-order chi connectivity index (χ1) is 55.6. The van der Waals surface area contributed by atoms with Crippen LogP contribution in [0.3, 0.4) is 0 Å². The van der Waals surface area contributed by atoms with Crippen LogP contribution in [0.2, 0.25) is 0 Å². The minimum absolute atomic E-state index is 0.0526. The molecule has 10 rings (SSSR count). The maximum Gasteiger partial charge on any atom is 0.246 e. The van der Waals surface area contributed by atoms with E-state index >= 15 is 9.59 Å². The second-order valence-electron chi connectivity index (χ2n) is 31.7. The van der Waals surface area contributed by atoms with Gasteiger partial charge in [0.25, 0.3) is 0 Å². The van der Waals surface area contributed by atoms with Gasteiger partial charge in [-0.05, 0) is 91.5 Å². The fourth-order valence-electron chi connectivity index (χ4n) is 14.8. The van der Waals surface area contributed by atoms with Crippen molar-refractivity contribution in [2.24, 2.45) is 0 Å². The molecule has 118 heavy (non-hydrogen) atoms. The third-order valence-electron chi connectivity index (χ3n) is 21.5. The van der Waals surface area contributed by atoms with Gasteiger partial charge in [0.15, 0.2) is 0 Å². The summed E-state index contributed by atoms with van der Waals surface area (Å²) >= 11 is 2.04. The van der Waals surface area contributed by atoms with Crippen molar-refractivity contribution < 1.29 is 107 Å². The van der Waals surface area contributed by atoms with Gasteiger partial charge in [-0.3, -0.25) is 76.7 Å². The van der Waals surface area contributed by atoms with E-state index in [1.165, 1.54) is 55.4 Å². The zero-order valence-electron chi connectivity index (χ0n) is 66.3. The van der Waals surface area contributed by atoms with Crippen LogP contribution in [-0.2, 0) is 89.6 Å². The fourth-order valence-corrected chi connectivity index (χ4v) is 17.0. The summed E-state index contributed by atoms with van der Waals surface area (Å²) in [5.74, 6) is -15.4. The summed E-state index contributed by atoms with van der Waals surface area (Å²) in [5, 5.41) is 105. The number of nitrogens with one attached hydrogen (secondary N) is 16. The van der Waals surface area contributed by atoms with E-state index in [0.29, 0.717) is 43.0 Å². The number of carbonyl (C=O) groups is 16. The molecule has 4 aromatic rings. The number of hydrogen-bond acceptors (Lipinski definition) is 24. The Morgan fingerprint density at radius 1 is 0.449 bits per heavy atom. The maximum atomic E-state index is 15.0. The number of rotatable bonds is 15. The predicted molar refractivity (Wildman–Crippen MR) is 422 cm³/mol. The van der Waals surface area contributed by atoms with E-state index in [4.69, 9.17) is 0 Å². The van der Waals surface area contributed by atoms with Crippen molar-refractivity contribution in [2.75, 3.05) is 37.7 Å². The Morgan fingerprint density at radius 3 is 1.14 bits per heavy atom. The van der Waals surface area contributed by atoms with E-state index in [0.717, 1.165) is 33.3 Å². The highest BCUT2D eigenvalue weighted by Crippen LogP contribution is 2.35. The van der Waals surface area contributed by atoms with Crippen LogP contribution in [0, 0.1) is 0 Å². The number of carbonyl (C=O) groups excluding carboxylic acids is 16. The lowest BCUT2D eigenvalue weighted by atomic mass is 9.94. The summed E-state index contributed by atoms with van der Waals surface area (Å²) in [6.45, 7) is 8.05. The molecule has 8 heterocycles. The Balaban J connectivity index is 0.816. The number of benzene rings is 2. The van der Waals surface area contributed by atoms with Gasteiger partial charge >= 0.3 is 0 Å². The topological polar surface area (TPSA) is 601 Å². The van der Waals surface area contributed by atoms with Gasteiger partial charge in [-0.25, -0.2) is 0 Å². The first-order valence-corrected chi connectivity index (χ1v) is 41.0. The number of nitrogens with zero attached hydrogens (tertiary/aromatic N) is 2. The lowest BCUT2D eigenvalue weighted by molar-refractivity contribution is -0.142. The van der Waals surface area contributed by atoms with Gasteiger partial charge in [0.05, 0.1) is 45.7 Å². The Morgan fingerprint density at radius 2 is 0.780 bits per heavy atom. The molecule has 4 bridgehead atoms. The standard InChI is InChI=1S/C76H104N18O22S2/c1-33-59(101)83-47-23-43-41-15-9-11-17-45(41)89-71(43)117-29-51(73(113)93-27-39(97)21-53(93)67(109)81-33)87-69(111)57(37(5)95)91-61(103)35(3)79-65(107)49(85-63(47)105)25-75(7,115)31-77-55(99)19-13-14-20-56(100)78-32-76(8,116)26-50-66(108)80-36(4)62(104)92-58(38(6)96)70(112)88-52-30-118-72-44(42-16-10-12-18-46(42)90-72)24-48(64(106)86-50)84-60(102)34(2)82-68(110)54-22-40(98)28-94(54)74(52)114/h9-12,15-18,33-40,47-54,57-58,89-90,95-98,115-116H,13-14,19-32H2,1-8H3,(H,77,99)(H,78,100)(H,79,107)(H,80,108)(H,81,109)(H,82,110)(H,83,101)(H,84,102)(H,85,105)(H,86,106)(H,87,111)(H,88,112)(H,91,103)(H,92,104). The second-order valence-corrected chi connectivity index (χ2v) is 33.7. The minimum atomic E-state index is -2.08. The molecule has 0 spiro atoms. The average molecular weight is 1690 g/mol. The van der Waals surface area contributed by atoms with Crippen LogP contribution in [0.25, 0.3) is 21.8 Å². The molecule has 20 atom stereocenters. The minimum Gasteiger partial charge on any atom is -0.391 e. The van der Waals surface area contributed by atoms with Crippen molar-refractivity contribution in [2.45, 2.75) is 250 Å².